The third-order valence-corrected chi connectivity index (χ3v) is 4.43. The number of urea groups is 1. The van der Waals surface area contributed by atoms with Crippen LogP contribution in [0.2, 0.25) is 0 Å². The molecule has 5 nitrogen and oxygen atoms in total. The van der Waals surface area contributed by atoms with Crippen molar-refractivity contribution in [1.29, 1.82) is 0 Å². The van der Waals surface area contributed by atoms with Gasteiger partial charge in [0.05, 0.1) is 12.6 Å². The number of carbonyl (C=O) groups excluding carboxylic acids is 2. The first-order valence-corrected chi connectivity index (χ1v) is 7.45. The number of fused-ring (bicyclic) bond motifs is 1. The molecule has 1 N–H and O–H groups in total. The van der Waals surface area contributed by atoms with Crippen molar-refractivity contribution >= 4 is 11.9 Å². The first-order valence-electron chi connectivity index (χ1n) is 7.45. The monoisotopic (exact) mass is 288 g/mol. The summed E-state index contributed by atoms with van der Waals surface area (Å²) in [4.78, 5) is 27.5. The summed E-state index contributed by atoms with van der Waals surface area (Å²) < 4.78 is 0. The maximum atomic E-state index is 12.4. The highest BCUT2D eigenvalue weighted by Crippen LogP contribution is 2.28. The van der Waals surface area contributed by atoms with Gasteiger partial charge in [-0.1, -0.05) is 24.3 Å². The Morgan fingerprint density at radius 2 is 2.05 bits per heavy atom. The Kier molecular flexibility index (Phi) is 3.68. The molecule has 0 aromatic heterocycles. The fourth-order valence-electron chi connectivity index (χ4n) is 3.25. The third-order valence-electron chi connectivity index (χ3n) is 4.43. The van der Waals surface area contributed by atoms with Crippen LogP contribution in [-0.2, 0) is 4.79 Å². The fourth-order valence-corrected chi connectivity index (χ4v) is 3.25. The number of aliphatic hydroxyl groups is 1. The Balaban J connectivity index is 1.77. The predicted octanol–water partition coefficient (Wildman–Crippen LogP) is 1.85. The molecule has 0 radical (unpaired) electrons. The summed E-state index contributed by atoms with van der Waals surface area (Å²) in [6, 6.07) is 6.93. The van der Waals surface area contributed by atoms with E-state index >= 15 is 0 Å². The van der Waals surface area contributed by atoms with Crippen LogP contribution in [0.3, 0.4) is 0 Å². The van der Waals surface area contributed by atoms with Crippen molar-refractivity contribution in [3.05, 3.63) is 35.4 Å². The summed E-state index contributed by atoms with van der Waals surface area (Å²) in [5, 5.41) is 10.4. The van der Waals surface area contributed by atoms with Crippen molar-refractivity contribution in [2.45, 2.75) is 38.3 Å². The van der Waals surface area contributed by atoms with Crippen molar-refractivity contribution in [2.75, 3.05) is 13.1 Å². The van der Waals surface area contributed by atoms with Crippen LogP contribution in [0, 0.1) is 6.92 Å². The Hall–Kier alpha value is -1.88. The molecule has 1 aromatic rings. The molecule has 2 fully saturated rings. The second-order valence-electron chi connectivity index (χ2n) is 5.81. The molecule has 2 atom stereocenters. The zero-order valence-corrected chi connectivity index (χ0v) is 12.2. The number of hydrogen-bond donors (Lipinski definition) is 1. The van der Waals surface area contributed by atoms with Gasteiger partial charge >= 0.3 is 6.03 Å². The van der Waals surface area contributed by atoms with Crippen LogP contribution in [0.5, 0.6) is 0 Å². The molecule has 0 aliphatic carbocycles. The van der Waals surface area contributed by atoms with E-state index in [2.05, 4.69) is 0 Å². The molecule has 21 heavy (non-hydrogen) atoms. The highest BCUT2D eigenvalue weighted by Gasteiger charge is 2.46. The number of carbonyl (C=O) groups is 2. The normalized spacial score (nSPS) is 23.4. The quantitative estimate of drug-likeness (QED) is 0.863. The molecule has 3 rings (SSSR count). The number of nitrogens with zero attached hydrogens (tertiary/aromatic N) is 2. The molecule has 2 unspecified atom stereocenters. The third kappa shape index (κ3) is 2.42. The number of piperidine rings is 1. The average Bonchev–Trinajstić information content (AvgIpc) is 2.73. The van der Waals surface area contributed by atoms with Crippen LogP contribution in [-0.4, -0.2) is 46.0 Å². The molecule has 0 spiro atoms. The zero-order valence-electron chi connectivity index (χ0n) is 12.2. The van der Waals surface area contributed by atoms with Crippen molar-refractivity contribution in [2.24, 2.45) is 0 Å². The average molecular weight is 288 g/mol. The van der Waals surface area contributed by atoms with E-state index < -0.39 is 6.10 Å². The van der Waals surface area contributed by atoms with E-state index in [4.69, 9.17) is 0 Å². The second kappa shape index (κ2) is 5.48. The van der Waals surface area contributed by atoms with Gasteiger partial charge in [0.2, 0.25) is 0 Å². The number of benzene rings is 1. The summed E-state index contributed by atoms with van der Waals surface area (Å²) >= 11 is 0. The molecule has 0 bridgehead atoms. The molecule has 2 saturated heterocycles. The summed E-state index contributed by atoms with van der Waals surface area (Å²) in [6.45, 7) is 2.59. The Labute approximate surface area is 124 Å². The summed E-state index contributed by atoms with van der Waals surface area (Å²) in [6.07, 6.45) is 1.83. The van der Waals surface area contributed by atoms with E-state index in [1.807, 2.05) is 31.2 Å². The number of hydrogen-bond acceptors (Lipinski definition) is 3. The topological polar surface area (TPSA) is 60.9 Å². The van der Waals surface area contributed by atoms with Gasteiger partial charge in [0.25, 0.3) is 5.91 Å². The Bertz CT molecular complexity index is 548. The van der Waals surface area contributed by atoms with Crippen LogP contribution in [0.1, 0.15) is 36.5 Å². The lowest BCUT2D eigenvalue weighted by molar-refractivity contribution is -0.129. The molecular weight excluding hydrogens is 268 g/mol. The molecule has 2 heterocycles. The van der Waals surface area contributed by atoms with E-state index in [0.717, 1.165) is 30.4 Å². The van der Waals surface area contributed by atoms with Crippen LogP contribution >= 0.6 is 0 Å². The molecule has 112 valence electrons. The first kappa shape index (κ1) is 14.1. The Morgan fingerprint density at radius 3 is 2.76 bits per heavy atom. The summed E-state index contributed by atoms with van der Waals surface area (Å²) in [5.41, 5.74) is 1.73. The van der Waals surface area contributed by atoms with E-state index in [1.165, 1.54) is 4.90 Å². The maximum absolute atomic E-state index is 12.4. The number of imide groups is 1. The highest BCUT2D eigenvalue weighted by molar-refractivity contribution is 6.04. The fraction of sp³-hybridized carbons (Fsp3) is 0.500. The number of aryl methyl sites for hydroxylation is 1. The van der Waals surface area contributed by atoms with E-state index in [9.17, 15) is 14.7 Å². The smallest absolute Gasteiger partial charge is 0.327 e. The molecule has 5 heteroatoms. The van der Waals surface area contributed by atoms with Gasteiger partial charge in [-0.25, -0.2) is 4.79 Å². The van der Waals surface area contributed by atoms with Crippen LogP contribution in [0.25, 0.3) is 0 Å². The van der Waals surface area contributed by atoms with E-state index in [-0.39, 0.29) is 24.5 Å². The molecule has 2 aliphatic heterocycles. The van der Waals surface area contributed by atoms with Gasteiger partial charge in [-0.3, -0.25) is 9.69 Å². The van der Waals surface area contributed by atoms with Gasteiger partial charge in [0, 0.05) is 6.54 Å². The highest BCUT2D eigenvalue weighted by atomic mass is 16.3. The molecular formula is C16H20N2O3. The van der Waals surface area contributed by atoms with Crippen LogP contribution < -0.4 is 0 Å². The van der Waals surface area contributed by atoms with Gasteiger partial charge in [-0.05, 0) is 37.3 Å². The lowest BCUT2D eigenvalue weighted by Gasteiger charge is -2.26. The summed E-state index contributed by atoms with van der Waals surface area (Å²) in [7, 11) is 0. The van der Waals surface area contributed by atoms with Crippen molar-refractivity contribution < 1.29 is 14.7 Å². The van der Waals surface area contributed by atoms with Gasteiger partial charge in [-0.15, -0.1) is 0 Å². The number of β-amino-alcohol motifs (C(OH)–C–C–N with tert-alkyl or cyclic N) is 1. The SMILES string of the molecule is Cc1ccccc1C(O)CN1C(=O)C2CCCCN2C1=O. The van der Waals surface area contributed by atoms with E-state index in [0.29, 0.717) is 6.54 Å². The lowest BCUT2D eigenvalue weighted by atomic mass is 10.0. The van der Waals surface area contributed by atoms with Gasteiger partial charge in [0.15, 0.2) is 0 Å². The predicted molar refractivity (Wildman–Crippen MR) is 77.6 cm³/mol. The van der Waals surface area contributed by atoms with E-state index in [1.54, 1.807) is 4.90 Å². The largest absolute Gasteiger partial charge is 0.387 e. The van der Waals surface area contributed by atoms with Crippen LogP contribution in [0.15, 0.2) is 24.3 Å². The first-order chi connectivity index (χ1) is 10.1. The zero-order chi connectivity index (χ0) is 15.0. The number of rotatable bonds is 3. The summed E-state index contributed by atoms with van der Waals surface area (Å²) in [5.74, 6) is -0.160. The lowest BCUT2D eigenvalue weighted by Crippen LogP contribution is -2.39. The number of aliphatic hydroxyl groups excluding tert-OH is 1. The molecule has 2 aliphatic rings. The van der Waals surface area contributed by atoms with Gasteiger partial charge < -0.3 is 10.0 Å². The minimum Gasteiger partial charge on any atom is -0.387 e. The van der Waals surface area contributed by atoms with Gasteiger partial charge in [-0.2, -0.15) is 0 Å². The Morgan fingerprint density at radius 1 is 1.29 bits per heavy atom. The van der Waals surface area contributed by atoms with Crippen LogP contribution in [0.4, 0.5) is 4.79 Å². The van der Waals surface area contributed by atoms with Crippen molar-refractivity contribution in [1.82, 2.24) is 9.80 Å². The second-order valence-corrected chi connectivity index (χ2v) is 5.81. The van der Waals surface area contributed by atoms with Gasteiger partial charge in [0.1, 0.15) is 6.04 Å². The molecule has 0 saturated carbocycles. The molecule has 3 amide bonds. The maximum Gasteiger partial charge on any atom is 0.327 e. The van der Waals surface area contributed by atoms with Crippen molar-refractivity contribution in [3.8, 4) is 0 Å². The minimum atomic E-state index is -0.833. The van der Waals surface area contributed by atoms with Crippen molar-refractivity contribution in [3.63, 3.8) is 0 Å². The standard InChI is InChI=1S/C16H20N2O3/c1-11-6-2-3-7-12(11)14(19)10-18-15(20)13-8-4-5-9-17(13)16(18)21/h2-3,6-7,13-14,19H,4-5,8-10H2,1H3. The molecule has 1 aromatic carbocycles. The minimum absolute atomic E-state index is 0.0372. The number of amides is 3.